The maximum Gasteiger partial charge on any atom is 0.310 e. The summed E-state index contributed by atoms with van der Waals surface area (Å²) < 4.78 is 36.9. The monoisotopic (exact) mass is 349 g/mol. The van der Waals surface area contributed by atoms with E-state index in [0.717, 1.165) is 17.7 Å². The minimum absolute atomic E-state index is 0.0911. The molecule has 0 spiro atoms. The van der Waals surface area contributed by atoms with Gasteiger partial charge in [-0.05, 0) is 25.1 Å². The highest BCUT2D eigenvalue weighted by Crippen LogP contribution is 2.21. The van der Waals surface area contributed by atoms with E-state index in [9.17, 15) is 18.4 Å². The number of aryl methyl sites for hydroxylation is 1. The second kappa shape index (κ2) is 8.23. The number of hydrogen-bond acceptors (Lipinski definition) is 4. The van der Waals surface area contributed by atoms with Crippen LogP contribution in [0.4, 0.5) is 14.5 Å². The largest absolute Gasteiger partial charge is 0.496 e. The Balaban J connectivity index is 1.92. The number of carbonyl (C=O) groups is 2. The van der Waals surface area contributed by atoms with E-state index in [2.05, 4.69) is 0 Å². The van der Waals surface area contributed by atoms with Crippen LogP contribution in [0.5, 0.6) is 5.75 Å². The highest BCUT2D eigenvalue weighted by Gasteiger charge is 2.15. The fraction of sp³-hybridized carbons (Fsp3) is 0.222. The van der Waals surface area contributed by atoms with Crippen molar-refractivity contribution in [3.63, 3.8) is 0 Å². The minimum Gasteiger partial charge on any atom is -0.496 e. The van der Waals surface area contributed by atoms with Crippen molar-refractivity contribution in [1.82, 2.24) is 0 Å². The third-order valence-electron chi connectivity index (χ3n) is 3.36. The summed E-state index contributed by atoms with van der Waals surface area (Å²) in [7, 11) is 1.48. The third-order valence-corrected chi connectivity index (χ3v) is 3.36. The van der Waals surface area contributed by atoms with E-state index in [1.165, 1.54) is 13.2 Å². The van der Waals surface area contributed by atoms with Crippen LogP contribution in [0.15, 0.2) is 36.4 Å². The number of para-hydroxylation sites is 1. The minimum atomic E-state index is -0.913. The SMILES string of the molecule is COc1ccc(C)cc1CC(=O)OCC(=O)Nc1c(F)cccc1F. The molecule has 2 rings (SSSR count). The van der Waals surface area contributed by atoms with Crippen molar-refractivity contribution in [3.05, 3.63) is 59.2 Å². The molecule has 0 fully saturated rings. The van der Waals surface area contributed by atoms with Gasteiger partial charge in [0, 0.05) is 5.56 Å². The Morgan fingerprint density at radius 2 is 1.80 bits per heavy atom. The summed E-state index contributed by atoms with van der Waals surface area (Å²) in [6, 6.07) is 8.53. The Hall–Kier alpha value is -2.96. The van der Waals surface area contributed by atoms with Gasteiger partial charge in [-0.2, -0.15) is 0 Å². The quantitative estimate of drug-likeness (QED) is 0.815. The zero-order valence-electron chi connectivity index (χ0n) is 13.8. The number of benzene rings is 2. The zero-order valence-corrected chi connectivity index (χ0v) is 13.8. The van der Waals surface area contributed by atoms with Gasteiger partial charge in [-0.1, -0.05) is 23.8 Å². The maximum atomic E-state index is 13.4. The number of carbonyl (C=O) groups excluding carboxylic acids is 2. The summed E-state index contributed by atoms with van der Waals surface area (Å²) in [4.78, 5) is 23.6. The highest BCUT2D eigenvalue weighted by molar-refractivity contribution is 5.93. The lowest BCUT2D eigenvalue weighted by Crippen LogP contribution is -2.22. The normalized spacial score (nSPS) is 10.2. The van der Waals surface area contributed by atoms with Crippen LogP contribution in [0.1, 0.15) is 11.1 Å². The van der Waals surface area contributed by atoms with Gasteiger partial charge in [0.25, 0.3) is 5.91 Å². The number of halogens is 2. The molecule has 1 N–H and O–H groups in total. The van der Waals surface area contributed by atoms with Crippen molar-refractivity contribution in [1.29, 1.82) is 0 Å². The third kappa shape index (κ3) is 5.00. The van der Waals surface area contributed by atoms with E-state index in [4.69, 9.17) is 9.47 Å². The van der Waals surface area contributed by atoms with Crippen LogP contribution in [-0.4, -0.2) is 25.6 Å². The van der Waals surface area contributed by atoms with Gasteiger partial charge in [-0.15, -0.1) is 0 Å². The number of nitrogens with one attached hydrogen (secondary N) is 1. The number of rotatable bonds is 6. The van der Waals surface area contributed by atoms with Gasteiger partial charge < -0.3 is 14.8 Å². The van der Waals surface area contributed by atoms with Gasteiger partial charge in [-0.3, -0.25) is 9.59 Å². The molecular formula is C18H17F2NO4. The van der Waals surface area contributed by atoms with Gasteiger partial charge >= 0.3 is 5.97 Å². The second-order valence-electron chi connectivity index (χ2n) is 5.30. The number of esters is 1. The molecule has 25 heavy (non-hydrogen) atoms. The Kier molecular flexibility index (Phi) is 6.05. The first-order chi connectivity index (χ1) is 11.9. The molecule has 0 aliphatic carbocycles. The standard InChI is InChI=1S/C18H17F2NO4/c1-11-6-7-15(24-2)12(8-11)9-17(23)25-10-16(22)21-18-13(19)4-3-5-14(18)20/h3-8H,9-10H2,1-2H3,(H,21,22). The molecule has 5 nitrogen and oxygen atoms in total. The molecule has 0 saturated heterocycles. The fourth-order valence-corrected chi connectivity index (χ4v) is 2.19. The number of hydrogen-bond donors (Lipinski definition) is 1. The molecule has 0 unspecified atom stereocenters. The molecule has 0 aliphatic rings. The van der Waals surface area contributed by atoms with Gasteiger partial charge in [0.05, 0.1) is 13.5 Å². The van der Waals surface area contributed by atoms with Gasteiger partial charge in [0.15, 0.2) is 6.61 Å². The molecule has 0 saturated carbocycles. The van der Waals surface area contributed by atoms with E-state index in [0.29, 0.717) is 11.3 Å². The lowest BCUT2D eigenvalue weighted by molar-refractivity contribution is -0.146. The van der Waals surface area contributed by atoms with Crippen molar-refractivity contribution in [2.75, 3.05) is 19.0 Å². The smallest absolute Gasteiger partial charge is 0.310 e. The van der Waals surface area contributed by atoms with Crippen LogP contribution in [0.2, 0.25) is 0 Å². The number of methoxy groups -OCH3 is 1. The molecule has 0 aliphatic heterocycles. The average Bonchev–Trinajstić information content (AvgIpc) is 2.57. The van der Waals surface area contributed by atoms with Crippen molar-refractivity contribution in [2.45, 2.75) is 13.3 Å². The van der Waals surface area contributed by atoms with E-state index in [-0.39, 0.29) is 6.42 Å². The summed E-state index contributed by atoms with van der Waals surface area (Å²) in [5, 5.41) is 2.04. The average molecular weight is 349 g/mol. The van der Waals surface area contributed by atoms with Crippen LogP contribution in [0.25, 0.3) is 0 Å². The topological polar surface area (TPSA) is 64.6 Å². The summed E-state index contributed by atoms with van der Waals surface area (Å²) in [5.74, 6) is -2.80. The molecule has 1 amide bonds. The lowest BCUT2D eigenvalue weighted by Gasteiger charge is -2.10. The summed E-state index contributed by atoms with van der Waals surface area (Å²) >= 11 is 0. The molecule has 7 heteroatoms. The van der Waals surface area contributed by atoms with Crippen LogP contribution in [-0.2, 0) is 20.7 Å². The first-order valence-electron chi connectivity index (χ1n) is 7.43. The Morgan fingerprint density at radius 3 is 2.44 bits per heavy atom. The Labute approximate surface area is 143 Å². The fourth-order valence-electron chi connectivity index (χ4n) is 2.19. The molecular weight excluding hydrogens is 332 g/mol. The molecule has 0 radical (unpaired) electrons. The lowest BCUT2D eigenvalue weighted by atomic mass is 10.1. The molecule has 0 aromatic heterocycles. The van der Waals surface area contributed by atoms with Gasteiger partial charge in [0.2, 0.25) is 0 Å². The molecule has 132 valence electrons. The van der Waals surface area contributed by atoms with E-state index in [1.807, 2.05) is 18.3 Å². The van der Waals surface area contributed by atoms with E-state index in [1.54, 1.807) is 12.1 Å². The van der Waals surface area contributed by atoms with Crippen molar-refractivity contribution >= 4 is 17.6 Å². The van der Waals surface area contributed by atoms with Crippen molar-refractivity contribution in [2.24, 2.45) is 0 Å². The number of ether oxygens (including phenoxy) is 2. The number of anilines is 1. The molecule has 0 bridgehead atoms. The molecule has 0 atom stereocenters. The van der Waals surface area contributed by atoms with Crippen molar-refractivity contribution in [3.8, 4) is 5.75 Å². The van der Waals surface area contributed by atoms with Gasteiger partial charge in [-0.25, -0.2) is 8.78 Å². The predicted molar refractivity (Wildman–Crippen MR) is 87.4 cm³/mol. The molecule has 2 aromatic rings. The highest BCUT2D eigenvalue weighted by atomic mass is 19.1. The van der Waals surface area contributed by atoms with Crippen LogP contribution >= 0.6 is 0 Å². The zero-order chi connectivity index (χ0) is 18.4. The van der Waals surface area contributed by atoms with Crippen LogP contribution < -0.4 is 10.1 Å². The van der Waals surface area contributed by atoms with Gasteiger partial charge in [0.1, 0.15) is 23.1 Å². The van der Waals surface area contributed by atoms with Crippen LogP contribution in [0.3, 0.4) is 0 Å². The first-order valence-corrected chi connectivity index (χ1v) is 7.43. The van der Waals surface area contributed by atoms with Crippen LogP contribution in [0, 0.1) is 18.6 Å². The maximum absolute atomic E-state index is 13.4. The molecule has 2 aromatic carbocycles. The Bertz CT molecular complexity index is 772. The predicted octanol–water partition coefficient (Wildman–Crippen LogP) is 3.01. The number of amides is 1. The first kappa shape index (κ1) is 18.4. The molecule has 0 heterocycles. The van der Waals surface area contributed by atoms with E-state index >= 15 is 0 Å². The van der Waals surface area contributed by atoms with Crippen molar-refractivity contribution < 1.29 is 27.8 Å². The second-order valence-corrected chi connectivity index (χ2v) is 5.30. The van der Waals surface area contributed by atoms with E-state index < -0.39 is 35.8 Å². The summed E-state index contributed by atoms with van der Waals surface area (Å²) in [6.07, 6.45) is -0.0911. The Morgan fingerprint density at radius 1 is 1.12 bits per heavy atom. The summed E-state index contributed by atoms with van der Waals surface area (Å²) in [6.45, 7) is 1.21. The summed E-state index contributed by atoms with van der Waals surface area (Å²) in [5.41, 5.74) is 0.980.